The van der Waals surface area contributed by atoms with Gasteiger partial charge in [-0.15, -0.1) is 0 Å². The monoisotopic (exact) mass is 526 g/mol. The average Bonchev–Trinajstić information content (AvgIpc) is 3.01. The molecule has 3 aliphatic rings. The summed E-state index contributed by atoms with van der Waals surface area (Å²) in [4.78, 5) is 0. The Morgan fingerprint density at radius 2 is 0.914 bits per heavy atom. The first kappa shape index (κ1) is 32.4. The highest BCUT2D eigenvalue weighted by Gasteiger charge is 2.47. The van der Waals surface area contributed by atoms with E-state index in [1.54, 1.807) is 13.8 Å². The molecule has 9 heteroatoms. The van der Waals surface area contributed by atoms with Crippen molar-refractivity contribution in [1.29, 1.82) is 0 Å². The van der Waals surface area contributed by atoms with Crippen LogP contribution in [0.2, 0.25) is 0 Å². The van der Waals surface area contributed by atoms with Crippen molar-refractivity contribution in [3.63, 3.8) is 0 Å². The maximum absolute atomic E-state index is 12.4. The third kappa shape index (κ3) is 10.7. The van der Waals surface area contributed by atoms with E-state index in [0.717, 1.165) is 25.7 Å². The van der Waals surface area contributed by atoms with Gasteiger partial charge in [0, 0.05) is 0 Å². The summed E-state index contributed by atoms with van der Waals surface area (Å²) in [6.07, 6.45) is -7.25. The predicted molar refractivity (Wildman–Crippen MR) is 121 cm³/mol. The molecule has 0 aromatic carbocycles. The molecule has 0 aliphatic heterocycles. The zero-order chi connectivity index (χ0) is 27.4. The highest BCUT2D eigenvalue weighted by Crippen LogP contribution is 2.46. The van der Waals surface area contributed by atoms with Gasteiger partial charge in [0.05, 0.1) is 17.8 Å². The van der Waals surface area contributed by atoms with Crippen LogP contribution in [0.25, 0.3) is 0 Å². The van der Waals surface area contributed by atoms with Gasteiger partial charge in [0.15, 0.2) is 0 Å². The smallest absolute Gasteiger partial charge is 0.171 e. The summed E-state index contributed by atoms with van der Waals surface area (Å²) in [7, 11) is 0. The van der Waals surface area contributed by atoms with Crippen LogP contribution in [0.5, 0.6) is 0 Å². The van der Waals surface area contributed by atoms with Crippen molar-refractivity contribution >= 4 is 0 Å². The lowest BCUT2D eigenvalue weighted by Crippen LogP contribution is -2.35. The van der Waals surface area contributed by atoms with Crippen molar-refractivity contribution in [3.05, 3.63) is 0 Å². The van der Waals surface area contributed by atoms with Gasteiger partial charge in [0.1, 0.15) is 0 Å². The second-order valence-corrected chi connectivity index (χ2v) is 11.8. The molecular weight excluding hydrogens is 483 g/mol. The van der Waals surface area contributed by atoms with Crippen LogP contribution in [0.15, 0.2) is 0 Å². The molecule has 0 spiro atoms. The molecule has 3 aliphatic carbocycles. The van der Waals surface area contributed by atoms with Crippen LogP contribution in [0.3, 0.4) is 0 Å². The first-order chi connectivity index (χ1) is 15.7. The predicted octanol–water partition coefficient (Wildman–Crippen LogP) is 10.5. The minimum absolute atomic E-state index is 0.176. The second kappa shape index (κ2) is 12.7. The lowest BCUT2D eigenvalue weighted by atomic mass is 9.73. The standard InChI is InChI=1S/2C9H15F3.C8H13F3/c1-6-3-7(2)5-8(4-6)9(10,11)12;1-6-4-3-5-8(7(6)2)9(10,11)12;1-5-3-6(2)7(4-5)8(9,10)11/h2*6-8H,3-5H2,1-2H3;5-7H,3-4H2,1-2H3/t6-,7?,8?;6?,7-,8?;/m01./s1. The molecular formula is C26H43F9. The average molecular weight is 527 g/mol. The SMILES string of the molecule is CC1CC(C(F)(F)F)C[C@@H](C)C1.CC1CC(C)C(C(F)(F)F)C1.CC1CCCC(C(F)(F)F)[C@@H]1C. The van der Waals surface area contributed by atoms with Crippen LogP contribution in [0.4, 0.5) is 39.5 Å². The van der Waals surface area contributed by atoms with E-state index in [1.807, 2.05) is 27.7 Å². The largest absolute Gasteiger partial charge is 0.392 e. The Labute approximate surface area is 204 Å². The molecule has 3 saturated carbocycles. The van der Waals surface area contributed by atoms with E-state index in [4.69, 9.17) is 0 Å². The number of rotatable bonds is 0. The Balaban J connectivity index is 0.000000263. The summed E-state index contributed by atoms with van der Waals surface area (Å²) < 4.78 is 111. The molecule has 0 nitrogen and oxygen atoms in total. The second-order valence-electron chi connectivity index (χ2n) is 11.8. The third-order valence-electron chi connectivity index (χ3n) is 8.31. The van der Waals surface area contributed by atoms with Gasteiger partial charge in [-0.25, -0.2) is 0 Å². The van der Waals surface area contributed by atoms with E-state index in [-0.39, 0.29) is 35.5 Å². The van der Waals surface area contributed by atoms with E-state index in [1.165, 1.54) is 0 Å². The molecule has 0 amide bonds. The molecule has 35 heavy (non-hydrogen) atoms. The summed E-state index contributed by atoms with van der Waals surface area (Å²) >= 11 is 0. The molecule has 0 bridgehead atoms. The Hall–Kier alpha value is -0.630. The molecule has 0 aromatic heterocycles. The summed E-state index contributed by atoms with van der Waals surface area (Å²) in [5.41, 5.74) is 0. The van der Waals surface area contributed by atoms with Gasteiger partial charge in [0.2, 0.25) is 0 Å². The minimum atomic E-state index is -3.98. The maximum Gasteiger partial charge on any atom is 0.392 e. The Morgan fingerprint density at radius 3 is 1.23 bits per heavy atom. The maximum atomic E-state index is 12.4. The lowest BCUT2D eigenvalue weighted by Gasteiger charge is -2.35. The van der Waals surface area contributed by atoms with Gasteiger partial charge in [0.25, 0.3) is 0 Å². The molecule has 0 saturated heterocycles. The van der Waals surface area contributed by atoms with Crippen molar-refractivity contribution in [2.75, 3.05) is 0 Å². The summed E-state index contributed by atoms with van der Waals surface area (Å²) in [6, 6.07) is 0. The lowest BCUT2D eigenvalue weighted by molar-refractivity contribution is -0.199. The zero-order valence-corrected chi connectivity index (χ0v) is 21.8. The van der Waals surface area contributed by atoms with Crippen molar-refractivity contribution < 1.29 is 39.5 Å². The molecule has 0 N–H and O–H groups in total. The summed E-state index contributed by atoms with van der Waals surface area (Å²) in [5, 5.41) is 0. The van der Waals surface area contributed by atoms with E-state index in [9.17, 15) is 39.5 Å². The summed E-state index contributed by atoms with van der Waals surface area (Å²) in [5.74, 6) is -2.57. The van der Waals surface area contributed by atoms with Crippen molar-refractivity contribution in [1.82, 2.24) is 0 Å². The van der Waals surface area contributed by atoms with Crippen LogP contribution in [0, 0.1) is 53.3 Å². The van der Waals surface area contributed by atoms with Crippen LogP contribution in [-0.2, 0) is 0 Å². The zero-order valence-electron chi connectivity index (χ0n) is 21.8. The molecule has 0 radical (unpaired) electrons. The fourth-order valence-corrected chi connectivity index (χ4v) is 6.28. The van der Waals surface area contributed by atoms with Gasteiger partial charge in [-0.1, -0.05) is 54.4 Å². The number of hydrogen-bond donors (Lipinski definition) is 0. The van der Waals surface area contributed by atoms with E-state index in [2.05, 4.69) is 0 Å². The molecule has 3 rings (SSSR count). The summed E-state index contributed by atoms with van der Waals surface area (Å²) in [6.45, 7) is 11.1. The van der Waals surface area contributed by atoms with Crippen molar-refractivity contribution in [2.24, 2.45) is 53.3 Å². The number of alkyl halides is 9. The first-order valence-electron chi connectivity index (χ1n) is 12.9. The van der Waals surface area contributed by atoms with Crippen LogP contribution < -0.4 is 0 Å². The third-order valence-corrected chi connectivity index (χ3v) is 8.31. The van der Waals surface area contributed by atoms with Gasteiger partial charge in [-0.3, -0.25) is 0 Å². The number of halogens is 9. The molecule has 9 atom stereocenters. The molecule has 0 heterocycles. The minimum Gasteiger partial charge on any atom is -0.171 e. The Kier molecular flexibility index (Phi) is 11.8. The highest BCUT2D eigenvalue weighted by molar-refractivity contribution is 4.83. The topological polar surface area (TPSA) is 0 Å². The Morgan fingerprint density at radius 1 is 0.457 bits per heavy atom. The Bertz CT molecular complexity index is 597. The van der Waals surface area contributed by atoms with E-state index in [0.29, 0.717) is 25.7 Å². The molecule has 0 aromatic rings. The van der Waals surface area contributed by atoms with Crippen molar-refractivity contribution in [3.8, 4) is 0 Å². The fraction of sp³-hybridized carbons (Fsp3) is 1.00. The van der Waals surface area contributed by atoms with Crippen LogP contribution in [0.1, 0.15) is 92.9 Å². The van der Waals surface area contributed by atoms with Crippen LogP contribution >= 0.6 is 0 Å². The molecule has 7 unspecified atom stereocenters. The van der Waals surface area contributed by atoms with Gasteiger partial charge in [-0.2, -0.15) is 39.5 Å². The van der Waals surface area contributed by atoms with Crippen molar-refractivity contribution in [2.45, 2.75) is 111 Å². The van der Waals surface area contributed by atoms with E-state index >= 15 is 0 Å². The fourth-order valence-electron chi connectivity index (χ4n) is 6.28. The van der Waals surface area contributed by atoms with E-state index < -0.39 is 36.3 Å². The van der Waals surface area contributed by atoms with Gasteiger partial charge in [-0.05, 0) is 74.0 Å². The molecule has 210 valence electrons. The van der Waals surface area contributed by atoms with Gasteiger partial charge >= 0.3 is 18.5 Å². The van der Waals surface area contributed by atoms with Gasteiger partial charge < -0.3 is 0 Å². The molecule has 3 fully saturated rings. The normalized spacial score (nSPS) is 38.7. The highest BCUT2D eigenvalue weighted by atomic mass is 19.4. The first-order valence-corrected chi connectivity index (χ1v) is 12.9. The number of hydrogen-bond acceptors (Lipinski definition) is 0. The quantitative estimate of drug-likeness (QED) is 0.275. The van der Waals surface area contributed by atoms with Crippen LogP contribution in [-0.4, -0.2) is 18.5 Å².